The summed E-state index contributed by atoms with van der Waals surface area (Å²) in [6, 6.07) is 17.1. The topological polar surface area (TPSA) is 32.6 Å². The van der Waals surface area contributed by atoms with E-state index in [-0.39, 0.29) is 0 Å². The van der Waals surface area contributed by atoms with E-state index >= 15 is 0 Å². The summed E-state index contributed by atoms with van der Waals surface area (Å²) in [7, 11) is 3.38. The van der Waals surface area contributed by atoms with E-state index in [2.05, 4.69) is 24.3 Å². The Bertz CT molecular complexity index is 524. The van der Waals surface area contributed by atoms with Crippen molar-refractivity contribution in [1.29, 1.82) is 0 Å². The van der Waals surface area contributed by atoms with Gasteiger partial charge in [-0.15, -0.1) is 0 Å². The fourth-order valence-electron chi connectivity index (χ4n) is 2.84. The Morgan fingerprint density at radius 3 is 1.43 bits per heavy atom. The normalized spacial score (nSPS) is 21.2. The molecule has 3 nitrogen and oxygen atoms in total. The van der Waals surface area contributed by atoms with Crippen molar-refractivity contribution in [2.24, 2.45) is 0 Å². The average molecular weight is 282 g/mol. The molecule has 0 aromatic heterocycles. The second-order valence-electron chi connectivity index (χ2n) is 5.30. The Balaban J connectivity index is 1.68. The minimum absolute atomic E-state index is 0.294. The highest BCUT2D eigenvalue weighted by Gasteiger charge is 2.27. The van der Waals surface area contributed by atoms with Crippen molar-refractivity contribution >= 4 is 0 Å². The predicted molar refractivity (Wildman–Crippen MR) is 82.8 cm³/mol. The van der Waals surface area contributed by atoms with E-state index in [0.29, 0.717) is 12.1 Å². The Kier molecular flexibility index (Phi) is 4.11. The first-order chi connectivity index (χ1) is 10.3. The van der Waals surface area contributed by atoms with Crippen molar-refractivity contribution < 1.29 is 9.47 Å². The number of methoxy groups -OCH3 is 2. The van der Waals surface area contributed by atoms with Gasteiger partial charge in [0.05, 0.1) is 26.3 Å². The van der Waals surface area contributed by atoms with Crippen LogP contribution in [0.5, 0.6) is 11.5 Å². The van der Waals surface area contributed by atoms with Crippen LogP contribution in [0.15, 0.2) is 48.5 Å². The smallest absolute Gasteiger partial charge is 0.118 e. The van der Waals surface area contributed by atoms with Gasteiger partial charge in [0.25, 0.3) is 0 Å². The van der Waals surface area contributed by atoms with Gasteiger partial charge >= 0.3 is 0 Å². The molecule has 0 N–H and O–H groups in total. The molecule has 2 atom stereocenters. The molecule has 0 amide bonds. The fraction of sp³-hybridized carbons (Fsp3) is 0.333. The maximum Gasteiger partial charge on any atom is 0.118 e. The van der Waals surface area contributed by atoms with E-state index in [1.54, 1.807) is 14.2 Å². The third kappa shape index (κ3) is 3.03. The summed E-state index contributed by atoms with van der Waals surface area (Å²) in [4.78, 5) is 0. The van der Waals surface area contributed by atoms with Gasteiger partial charge in [-0.05, 0) is 48.2 Å². The van der Waals surface area contributed by atoms with E-state index in [0.717, 1.165) is 24.3 Å². The predicted octanol–water partition coefficient (Wildman–Crippen LogP) is 3.88. The Labute approximate surface area is 125 Å². The molecule has 3 heteroatoms. The first-order valence-corrected chi connectivity index (χ1v) is 7.28. The molecule has 1 aliphatic heterocycles. The van der Waals surface area contributed by atoms with Crippen LogP contribution >= 0.6 is 0 Å². The summed E-state index contributed by atoms with van der Waals surface area (Å²) < 4.78 is 10.4. The molecule has 1 saturated heterocycles. The number of hydrogen-bond acceptors (Lipinski definition) is 2. The maximum atomic E-state index is 5.20. The van der Waals surface area contributed by atoms with Gasteiger partial charge in [-0.25, -0.2) is 5.32 Å². The summed E-state index contributed by atoms with van der Waals surface area (Å²) in [5, 5.41) is 4.96. The van der Waals surface area contributed by atoms with Gasteiger partial charge < -0.3 is 9.47 Å². The minimum Gasteiger partial charge on any atom is -0.497 e. The molecule has 0 saturated carbocycles. The zero-order valence-corrected chi connectivity index (χ0v) is 12.5. The SMILES string of the molecule is COc1ccc(C2CCC(c3ccc(OC)cc3)[N]2)cc1. The molecule has 1 fully saturated rings. The Hall–Kier alpha value is -2.00. The lowest BCUT2D eigenvalue weighted by Crippen LogP contribution is -2.09. The van der Waals surface area contributed by atoms with Crippen LogP contribution in [0.3, 0.4) is 0 Å². The summed E-state index contributed by atoms with van der Waals surface area (Å²) in [5.41, 5.74) is 2.54. The van der Waals surface area contributed by atoms with Crippen molar-refractivity contribution in [2.45, 2.75) is 24.9 Å². The number of hydrogen-bond donors (Lipinski definition) is 0. The molecule has 1 radical (unpaired) electrons. The quantitative estimate of drug-likeness (QED) is 0.852. The van der Waals surface area contributed by atoms with E-state index in [4.69, 9.17) is 14.8 Å². The molecule has 1 aliphatic rings. The molecule has 109 valence electrons. The van der Waals surface area contributed by atoms with Crippen molar-refractivity contribution in [3.05, 3.63) is 59.7 Å². The van der Waals surface area contributed by atoms with Crippen molar-refractivity contribution in [1.82, 2.24) is 5.32 Å². The van der Waals surface area contributed by atoms with Crippen LogP contribution in [0.1, 0.15) is 36.1 Å². The monoisotopic (exact) mass is 282 g/mol. The molecule has 2 aromatic carbocycles. The molecular formula is C18H20NO2. The molecule has 1 heterocycles. The number of benzene rings is 2. The maximum absolute atomic E-state index is 5.20. The summed E-state index contributed by atoms with van der Waals surface area (Å²) >= 11 is 0. The highest BCUT2D eigenvalue weighted by Crippen LogP contribution is 2.37. The first kappa shape index (κ1) is 14.0. The van der Waals surface area contributed by atoms with Crippen LogP contribution in [-0.4, -0.2) is 14.2 Å². The third-order valence-corrected chi connectivity index (χ3v) is 4.07. The molecule has 2 aromatic rings. The largest absolute Gasteiger partial charge is 0.497 e. The van der Waals surface area contributed by atoms with E-state index < -0.39 is 0 Å². The van der Waals surface area contributed by atoms with Gasteiger partial charge in [-0.2, -0.15) is 0 Å². The molecule has 2 unspecified atom stereocenters. The zero-order chi connectivity index (χ0) is 14.7. The molecule has 21 heavy (non-hydrogen) atoms. The standard InChI is InChI=1S/C18H20NO2/c1-20-15-7-3-13(4-8-15)17-11-12-18(19-17)14-5-9-16(21-2)10-6-14/h3-10,17-18H,11-12H2,1-2H3. The molecule has 0 spiro atoms. The fourth-order valence-corrected chi connectivity index (χ4v) is 2.84. The third-order valence-electron chi connectivity index (χ3n) is 4.07. The van der Waals surface area contributed by atoms with Gasteiger partial charge in [-0.3, -0.25) is 0 Å². The number of rotatable bonds is 4. The highest BCUT2D eigenvalue weighted by molar-refractivity contribution is 5.32. The Morgan fingerprint density at radius 1 is 0.714 bits per heavy atom. The van der Waals surface area contributed by atoms with Crippen LogP contribution in [0.25, 0.3) is 0 Å². The lowest BCUT2D eigenvalue weighted by molar-refractivity contribution is 0.414. The summed E-state index contributed by atoms with van der Waals surface area (Å²) in [6.45, 7) is 0. The van der Waals surface area contributed by atoms with E-state index in [1.165, 1.54) is 11.1 Å². The molecule has 0 aliphatic carbocycles. The van der Waals surface area contributed by atoms with Gasteiger partial charge in [-0.1, -0.05) is 24.3 Å². The van der Waals surface area contributed by atoms with Crippen LogP contribution in [0.4, 0.5) is 0 Å². The van der Waals surface area contributed by atoms with Gasteiger partial charge in [0, 0.05) is 0 Å². The van der Waals surface area contributed by atoms with Crippen molar-refractivity contribution in [3.63, 3.8) is 0 Å². The Morgan fingerprint density at radius 2 is 1.10 bits per heavy atom. The average Bonchev–Trinajstić information content (AvgIpc) is 3.05. The number of ether oxygens (including phenoxy) is 2. The first-order valence-electron chi connectivity index (χ1n) is 7.28. The minimum atomic E-state index is 0.294. The van der Waals surface area contributed by atoms with Crippen molar-refractivity contribution in [2.75, 3.05) is 14.2 Å². The van der Waals surface area contributed by atoms with Gasteiger partial charge in [0.15, 0.2) is 0 Å². The zero-order valence-electron chi connectivity index (χ0n) is 12.5. The molecule has 0 bridgehead atoms. The molecule has 3 rings (SSSR count). The number of nitrogens with zero attached hydrogens (tertiary/aromatic N) is 1. The van der Waals surface area contributed by atoms with Crippen LogP contribution in [-0.2, 0) is 0 Å². The van der Waals surface area contributed by atoms with E-state index in [1.807, 2.05) is 24.3 Å². The van der Waals surface area contributed by atoms with Gasteiger partial charge in [0.2, 0.25) is 0 Å². The summed E-state index contributed by atoms with van der Waals surface area (Å²) in [5.74, 6) is 1.78. The van der Waals surface area contributed by atoms with Gasteiger partial charge in [0.1, 0.15) is 11.5 Å². The summed E-state index contributed by atoms with van der Waals surface area (Å²) in [6.07, 6.45) is 2.20. The second-order valence-corrected chi connectivity index (χ2v) is 5.30. The lowest BCUT2D eigenvalue weighted by atomic mass is 10.0. The second kappa shape index (κ2) is 6.19. The lowest BCUT2D eigenvalue weighted by Gasteiger charge is -2.13. The van der Waals surface area contributed by atoms with Crippen molar-refractivity contribution in [3.8, 4) is 11.5 Å². The van der Waals surface area contributed by atoms with Crippen LogP contribution < -0.4 is 14.8 Å². The highest BCUT2D eigenvalue weighted by atomic mass is 16.5. The van der Waals surface area contributed by atoms with Crippen LogP contribution in [0, 0.1) is 0 Å². The van der Waals surface area contributed by atoms with Crippen LogP contribution in [0.2, 0.25) is 0 Å². The van der Waals surface area contributed by atoms with E-state index in [9.17, 15) is 0 Å². The molecular weight excluding hydrogens is 262 g/mol.